The number of amides is 1. The molecule has 158 valence electrons. The first-order valence-corrected chi connectivity index (χ1v) is 9.47. The average molecular weight is 404 g/mol. The van der Waals surface area contributed by atoms with E-state index in [4.69, 9.17) is 14.2 Å². The zero-order valence-electron chi connectivity index (χ0n) is 17.7. The second kappa shape index (κ2) is 8.55. The number of aryl methyl sites for hydroxylation is 1. The zero-order valence-corrected chi connectivity index (χ0v) is 17.7. The molecule has 1 heterocycles. The first-order chi connectivity index (χ1) is 13.6. The first kappa shape index (κ1) is 22.3. The lowest BCUT2D eigenvalue weighted by atomic mass is 9.89. The van der Waals surface area contributed by atoms with Crippen molar-refractivity contribution in [1.82, 2.24) is 9.88 Å². The Morgan fingerprint density at radius 1 is 1.00 bits per heavy atom. The number of carbonyl (C=O) groups is 3. The summed E-state index contributed by atoms with van der Waals surface area (Å²) in [6, 6.07) is 7.21. The first-order valence-electron chi connectivity index (χ1n) is 9.47. The van der Waals surface area contributed by atoms with Crippen molar-refractivity contribution in [2.24, 2.45) is 7.05 Å². The maximum atomic E-state index is 13.1. The van der Waals surface area contributed by atoms with Crippen LogP contribution in [-0.4, -0.2) is 41.4 Å². The average Bonchev–Trinajstić information content (AvgIpc) is 2.96. The molecule has 0 atom stereocenters. The van der Waals surface area contributed by atoms with E-state index in [2.05, 4.69) is 5.32 Å². The van der Waals surface area contributed by atoms with Crippen molar-refractivity contribution in [3.05, 3.63) is 36.0 Å². The molecule has 1 N–H and O–H groups in total. The van der Waals surface area contributed by atoms with E-state index >= 15 is 0 Å². The number of rotatable bonds is 6. The number of para-hydroxylation sites is 1. The highest BCUT2D eigenvalue weighted by atomic mass is 16.6. The molecule has 0 saturated heterocycles. The summed E-state index contributed by atoms with van der Waals surface area (Å²) in [6.45, 7) is 8.30. The summed E-state index contributed by atoms with van der Waals surface area (Å²) >= 11 is 0. The van der Waals surface area contributed by atoms with Gasteiger partial charge in [0.15, 0.2) is 0 Å². The highest BCUT2D eigenvalue weighted by molar-refractivity contribution is 6.11. The van der Waals surface area contributed by atoms with E-state index in [1.54, 1.807) is 64.6 Å². The van der Waals surface area contributed by atoms with Crippen molar-refractivity contribution in [3.8, 4) is 0 Å². The van der Waals surface area contributed by atoms with E-state index < -0.39 is 29.2 Å². The Kier molecular flexibility index (Phi) is 6.56. The van der Waals surface area contributed by atoms with Crippen LogP contribution in [0.1, 0.15) is 40.2 Å². The summed E-state index contributed by atoms with van der Waals surface area (Å²) in [7, 11) is 1.78. The summed E-state index contributed by atoms with van der Waals surface area (Å²) in [6.07, 6.45) is 0.669. The van der Waals surface area contributed by atoms with Crippen molar-refractivity contribution in [3.63, 3.8) is 0 Å². The van der Waals surface area contributed by atoms with Gasteiger partial charge < -0.3 is 18.8 Å². The van der Waals surface area contributed by atoms with Crippen LogP contribution in [0, 0.1) is 0 Å². The third-order valence-corrected chi connectivity index (χ3v) is 4.15. The van der Waals surface area contributed by atoms with Gasteiger partial charge in [0.05, 0.1) is 13.2 Å². The van der Waals surface area contributed by atoms with Gasteiger partial charge in [-0.15, -0.1) is 0 Å². The number of alkyl carbamates (subject to hydrolysis) is 1. The molecule has 2 aromatic rings. The molecule has 8 heteroatoms. The van der Waals surface area contributed by atoms with Crippen LogP contribution in [0.3, 0.4) is 0 Å². The van der Waals surface area contributed by atoms with Gasteiger partial charge in [-0.25, -0.2) is 14.4 Å². The minimum absolute atomic E-state index is 0.0146. The normalized spacial score (nSPS) is 11.8. The van der Waals surface area contributed by atoms with Gasteiger partial charge in [-0.2, -0.15) is 0 Å². The number of aromatic nitrogens is 1. The minimum Gasteiger partial charge on any atom is -0.464 e. The molecule has 8 nitrogen and oxygen atoms in total. The molecule has 1 amide bonds. The smallest absolute Gasteiger partial charge is 0.409 e. The van der Waals surface area contributed by atoms with Gasteiger partial charge >= 0.3 is 18.0 Å². The summed E-state index contributed by atoms with van der Waals surface area (Å²) in [5.41, 5.74) is -2.03. The van der Waals surface area contributed by atoms with E-state index in [-0.39, 0.29) is 18.8 Å². The van der Waals surface area contributed by atoms with Crippen molar-refractivity contribution >= 4 is 28.9 Å². The summed E-state index contributed by atoms with van der Waals surface area (Å²) in [5.74, 6) is -1.89. The number of fused-ring (bicyclic) bond motifs is 1. The molecule has 0 aliphatic rings. The predicted octanol–water partition coefficient (Wildman–Crippen LogP) is 3.02. The molecule has 2 rings (SSSR count). The second-order valence-corrected chi connectivity index (χ2v) is 7.49. The summed E-state index contributed by atoms with van der Waals surface area (Å²) in [5, 5.41) is 3.06. The van der Waals surface area contributed by atoms with Crippen molar-refractivity contribution in [2.75, 3.05) is 13.2 Å². The van der Waals surface area contributed by atoms with E-state index in [0.29, 0.717) is 5.39 Å². The Morgan fingerprint density at radius 2 is 1.55 bits per heavy atom. The largest absolute Gasteiger partial charge is 0.464 e. The molecule has 29 heavy (non-hydrogen) atoms. The van der Waals surface area contributed by atoms with Crippen molar-refractivity contribution < 1.29 is 28.6 Å². The van der Waals surface area contributed by atoms with Crippen LogP contribution in [0.5, 0.6) is 0 Å². The number of carbonyl (C=O) groups excluding carboxylic acids is 3. The number of ether oxygens (including phenoxy) is 3. The van der Waals surface area contributed by atoms with Crippen molar-refractivity contribution in [2.45, 2.75) is 45.8 Å². The third-order valence-electron chi connectivity index (χ3n) is 4.15. The molecule has 0 fully saturated rings. The van der Waals surface area contributed by atoms with E-state index in [9.17, 15) is 14.4 Å². The number of hydrogen-bond acceptors (Lipinski definition) is 6. The highest BCUT2D eigenvalue weighted by Gasteiger charge is 2.54. The van der Waals surface area contributed by atoms with Gasteiger partial charge in [0, 0.05) is 29.7 Å². The maximum Gasteiger partial charge on any atom is 0.409 e. The van der Waals surface area contributed by atoms with Crippen LogP contribution in [0.2, 0.25) is 0 Å². The Balaban J connectivity index is 2.74. The lowest BCUT2D eigenvalue weighted by Crippen LogP contribution is -2.59. The van der Waals surface area contributed by atoms with Crippen LogP contribution in [0.15, 0.2) is 30.5 Å². The summed E-state index contributed by atoms with van der Waals surface area (Å²) < 4.78 is 17.5. The van der Waals surface area contributed by atoms with Crippen LogP contribution >= 0.6 is 0 Å². The van der Waals surface area contributed by atoms with Crippen LogP contribution < -0.4 is 5.32 Å². The molecule has 0 saturated carbocycles. The van der Waals surface area contributed by atoms with Gasteiger partial charge in [0.1, 0.15) is 5.60 Å². The van der Waals surface area contributed by atoms with Gasteiger partial charge in [0.2, 0.25) is 0 Å². The number of nitrogens with zero attached hydrogens (tertiary/aromatic N) is 1. The number of nitrogens with one attached hydrogen (secondary N) is 1. The van der Waals surface area contributed by atoms with Crippen LogP contribution in [-0.2, 0) is 36.4 Å². The molecule has 1 aromatic carbocycles. The molecule has 0 aliphatic carbocycles. The molecule has 1 aromatic heterocycles. The van der Waals surface area contributed by atoms with E-state index in [0.717, 1.165) is 5.52 Å². The van der Waals surface area contributed by atoms with Crippen LogP contribution in [0.25, 0.3) is 10.9 Å². The molecule has 0 aliphatic heterocycles. The fourth-order valence-electron chi connectivity index (χ4n) is 3.05. The Labute approximate surface area is 170 Å². The minimum atomic E-state index is -2.21. The number of benzene rings is 1. The maximum absolute atomic E-state index is 13.1. The zero-order chi connectivity index (χ0) is 21.8. The van der Waals surface area contributed by atoms with Crippen molar-refractivity contribution in [1.29, 1.82) is 0 Å². The van der Waals surface area contributed by atoms with E-state index in [1.807, 2.05) is 12.1 Å². The second-order valence-electron chi connectivity index (χ2n) is 7.49. The van der Waals surface area contributed by atoms with Gasteiger partial charge in [-0.3, -0.25) is 5.32 Å². The molecular formula is C21H28N2O6. The Morgan fingerprint density at radius 3 is 2.07 bits per heavy atom. The molecular weight excluding hydrogens is 376 g/mol. The molecule has 0 bridgehead atoms. The fourth-order valence-corrected chi connectivity index (χ4v) is 3.05. The Hall–Kier alpha value is -3.03. The lowest BCUT2D eigenvalue weighted by molar-refractivity contribution is -0.166. The summed E-state index contributed by atoms with van der Waals surface area (Å²) in [4.78, 5) is 38.9. The SMILES string of the molecule is CCOC(=O)C(NC(=O)OC(C)(C)C)(C(=O)OCC)c1cn(C)c2ccccc12. The number of hydrogen-bond donors (Lipinski definition) is 1. The molecule has 0 spiro atoms. The van der Waals surface area contributed by atoms with E-state index in [1.165, 1.54) is 0 Å². The van der Waals surface area contributed by atoms with Gasteiger partial charge in [-0.05, 0) is 40.7 Å². The topological polar surface area (TPSA) is 95.9 Å². The third kappa shape index (κ3) is 4.52. The number of esters is 2. The monoisotopic (exact) mass is 404 g/mol. The van der Waals surface area contributed by atoms with Crippen LogP contribution in [0.4, 0.5) is 4.79 Å². The fraction of sp³-hybridized carbons (Fsp3) is 0.476. The lowest BCUT2D eigenvalue weighted by Gasteiger charge is -2.31. The molecule has 0 radical (unpaired) electrons. The quantitative estimate of drug-likeness (QED) is 0.452. The standard InChI is InChI=1S/C21H28N2O6/c1-7-27-17(24)21(18(25)28-8-2,22-19(26)29-20(3,4)5)15-13-23(6)16-12-10-9-11-14(15)16/h9-13H,7-8H2,1-6H3,(H,22,26). The van der Waals surface area contributed by atoms with Gasteiger partial charge in [0.25, 0.3) is 5.54 Å². The predicted molar refractivity (Wildman–Crippen MR) is 107 cm³/mol. The van der Waals surface area contributed by atoms with Gasteiger partial charge in [-0.1, -0.05) is 18.2 Å². The molecule has 0 unspecified atom stereocenters. The Bertz CT molecular complexity index is 892. The highest BCUT2D eigenvalue weighted by Crippen LogP contribution is 2.33.